The van der Waals surface area contributed by atoms with Gasteiger partial charge >= 0.3 is 0 Å². The molecule has 1 amide bonds. The number of amides is 1. The molecule has 3 heteroatoms. The van der Waals surface area contributed by atoms with E-state index in [0.717, 1.165) is 30.8 Å². The molecule has 1 N–H and O–H groups in total. The zero-order chi connectivity index (χ0) is 13.0. The summed E-state index contributed by atoms with van der Waals surface area (Å²) in [7, 11) is 0. The monoisotopic (exact) mass is 246 g/mol. The molecule has 0 spiro atoms. The van der Waals surface area contributed by atoms with Crippen molar-refractivity contribution in [3.8, 4) is 0 Å². The van der Waals surface area contributed by atoms with Crippen LogP contribution in [0, 0.1) is 0 Å². The number of anilines is 2. The second-order valence-corrected chi connectivity index (χ2v) is 5.00. The van der Waals surface area contributed by atoms with E-state index in [1.54, 1.807) is 0 Å². The number of rotatable bonds is 5. The lowest BCUT2D eigenvalue weighted by Crippen LogP contribution is -2.26. The van der Waals surface area contributed by atoms with Crippen molar-refractivity contribution >= 4 is 17.3 Å². The second-order valence-electron chi connectivity index (χ2n) is 5.00. The number of para-hydroxylation sites is 2. The van der Waals surface area contributed by atoms with Crippen LogP contribution in [0.25, 0.3) is 0 Å². The molecule has 1 fully saturated rings. The number of hydrogen-bond donors (Lipinski definition) is 1. The summed E-state index contributed by atoms with van der Waals surface area (Å²) in [6.07, 6.45) is 3.96. The molecule has 1 saturated heterocycles. The van der Waals surface area contributed by atoms with Crippen LogP contribution in [-0.2, 0) is 4.79 Å². The first-order chi connectivity index (χ1) is 8.72. The molecule has 2 rings (SSSR count). The highest BCUT2D eigenvalue weighted by molar-refractivity contribution is 5.98. The molecular formula is C15H22N2O. The van der Waals surface area contributed by atoms with Gasteiger partial charge in [0.05, 0.1) is 11.4 Å². The Morgan fingerprint density at radius 2 is 2.17 bits per heavy atom. The van der Waals surface area contributed by atoms with Gasteiger partial charge in [0.2, 0.25) is 5.91 Å². The standard InChI is InChI=1S/C15H22N2O/c1-3-7-12(2)16-13-8-4-5-9-14(13)17-11-6-10-15(17)18/h4-5,8-9,12,16H,3,6-7,10-11H2,1-2H3. The van der Waals surface area contributed by atoms with Crippen molar-refractivity contribution in [1.29, 1.82) is 0 Å². The van der Waals surface area contributed by atoms with E-state index in [9.17, 15) is 4.79 Å². The summed E-state index contributed by atoms with van der Waals surface area (Å²) in [5.74, 6) is 0.243. The molecule has 1 aliphatic heterocycles. The lowest BCUT2D eigenvalue weighted by Gasteiger charge is -2.23. The molecule has 0 bridgehead atoms. The number of benzene rings is 1. The van der Waals surface area contributed by atoms with Gasteiger partial charge in [-0.15, -0.1) is 0 Å². The van der Waals surface area contributed by atoms with Crippen molar-refractivity contribution in [3.05, 3.63) is 24.3 Å². The summed E-state index contributed by atoms with van der Waals surface area (Å²) in [5.41, 5.74) is 2.11. The van der Waals surface area contributed by atoms with Crippen molar-refractivity contribution in [2.75, 3.05) is 16.8 Å². The van der Waals surface area contributed by atoms with Crippen molar-refractivity contribution in [2.24, 2.45) is 0 Å². The minimum atomic E-state index is 0.243. The maximum absolute atomic E-state index is 11.8. The molecule has 0 aliphatic carbocycles. The molecule has 1 unspecified atom stereocenters. The zero-order valence-corrected chi connectivity index (χ0v) is 11.3. The third kappa shape index (κ3) is 2.84. The number of carbonyl (C=O) groups is 1. The van der Waals surface area contributed by atoms with Crippen molar-refractivity contribution in [1.82, 2.24) is 0 Å². The lowest BCUT2D eigenvalue weighted by atomic mass is 10.1. The van der Waals surface area contributed by atoms with Crippen LogP contribution in [0.1, 0.15) is 39.5 Å². The van der Waals surface area contributed by atoms with Crippen LogP contribution < -0.4 is 10.2 Å². The minimum absolute atomic E-state index is 0.243. The van der Waals surface area contributed by atoms with E-state index in [0.29, 0.717) is 12.5 Å². The van der Waals surface area contributed by atoms with Gasteiger partial charge in [-0.1, -0.05) is 25.5 Å². The van der Waals surface area contributed by atoms with Gasteiger partial charge in [0.25, 0.3) is 0 Å². The SMILES string of the molecule is CCCC(C)Nc1ccccc1N1CCCC1=O. The Morgan fingerprint density at radius 1 is 1.39 bits per heavy atom. The molecule has 1 aliphatic rings. The van der Waals surface area contributed by atoms with Gasteiger partial charge in [-0.2, -0.15) is 0 Å². The summed E-state index contributed by atoms with van der Waals surface area (Å²) in [4.78, 5) is 13.7. The van der Waals surface area contributed by atoms with Gasteiger partial charge in [0.1, 0.15) is 0 Å². The fourth-order valence-corrected chi connectivity index (χ4v) is 2.50. The van der Waals surface area contributed by atoms with Crippen LogP contribution >= 0.6 is 0 Å². The Bertz CT molecular complexity index is 417. The third-order valence-corrected chi connectivity index (χ3v) is 3.39. The smallest absolute Gasteiger partial charge is 0.227 e. The lowest BCUT2D eigenvalue weighted by molar-refractivity contribution is -0.117. The summed E-state index contributed by atoms with van der Waals surface area (Å²) in [6, 6.07) is 8.55. The highest BCUT2D eigenvalue weighted by atomic mass is 16.2. The predicted molar refractivity (Wildman–Crippen MR) is 76.0 cm³/mol. The summed E-state index contributed by atoms with van der Waals surface area (Å²) in [5, 5.41) is 3.51. The Kier molecular flexibility index (Phi) is 4.24. The van der Waals surface area contributed by atoms with Gasteiger partial charge in [-0.25, -0.2) is 0 Å². The normalized spacial score (nSPS) is 17.0. The highest BCUT2D eigenvalue weighted by Gasteiger charge is 2.23. The molecule has 1 aromatic carbocycles. The first-order valence-corrected chi connectivity index (χ1v) is 6.88. The molecule has 0 radical (unpaired) electrons. The topological polar surface area (TPSA) is 32.3 Å². The molecule has 0 aromatic heterocycles. The predicted octanol–water partition coefficient (Wildman–Crippen LogP) is 3.41. The largest absolute Gasteiger partial charge is 0.381 e. The van der Waals surface area contributed by atoms with Gasteiger partial charge in [0, 0.05) is 19.0 Å². The van der Waals surface area contributed by atoms with Crippen molar-refractivity contribution < 1.29 is 4.79 Å². The van der Waals surface area contributed by atoms with Crippen LogP contribution in [0.15, 0.2) is 24.3 Å². The summed E-state index contributed by atoms with van der Waals surface area (Å²) < 4.78 is 0. The maximum atomic E-state index is 11.8. The zero-order valence-electron chi connectivity index (χ0n) is 11.3. The van der Waals surface area contributed by atoms with Crippen LogP contribution in [0.3, 0.4) is 0 Å². The van der Waals surface area contributed by atoms with E-state index in [-0.39, 0.29) is 5.91 Å². The summed E-state index contributed by atoms with van der Waals surface area (Å²) in [6.45, 7) is 5.22. The Morgan fingerprint density at radius 3 is 2.83 bits per heavy atom. The van der Waals surface area contributed by atoms with E-state index in [1.807, 2.05) is 23.1 Å². The molecule has 0 saturated carbocycles. The number of hydrogen-bond acceptors (Lipinski definition) is 2. The maximum Gasteiger partial charge on any atom is 0.227 e. The average Bonchev–Trinajstić information content (AvgIpc) is 2.76. The van der Waals surface area contributed by atoms with E-state index in [4.69, 9.17) is 0 Å². The van der Waals surface area contributed by atoms with Crippen molar-refractivity contribution in [3.63, 3.8) is 0 Å². The average molecular weight is 246 g/mol. The van der Waals surface area contributed by atoms with Crippen LogP contribution in [-0.4, -0.2) is 18.5 Å². The second kappa shape index (κ2) is 5.89. The molecule has 3 nitrogen and oxygen atoms in total. The molecule has 1 heterocycles. The molecular weight excluding hydrogens is 224 g/mol. The van der Waals surface area contributed by atoms with E-state index in [2.05, 4.69) is 25.2 Å². The summed E-state index contributed by atoms with van der Waals surface area (Å²) >= 11 is 0. The molecule has 98 valence electrons. The number of nitrogens with zero attached hydrogens (tertiary/aromatic N) is 1. The Hall–Kier alpha value is -1.51. The van der Waals surface area contributed by atoms with Gasteiger partial charge in [-0.3, -0.25) is 4.79 Å². The van der Waals surface area contributed by atoms with E-state index >= 15 is 0 Å². The number of nitrogens with one attached hydrogen (secondary N) is 1. The molecule has 1 aromatic rings. The third-order valence-electron chi connectivity index (χ3n) is 3.39. The van der Waals surface area contributed by atoms with Crippen LogP contribution in [0.2, 0.25) is 0 Å². The first kappa shape index (κ1) is 12.9. The fourth-order valence-electron chi connectivity index (χ4n) is 2.50. The van der Waals surface area contributed by atoms with Gasteiger partial charge in [0.15, 0.2) is 0 Å². The van der Waals surface area contributed by atoms with E-state index in [1.165, 1.54) is 6.42 Å². The Labute approximate surface area is 109 Å². The highest BCUT2D eigenvalue weighted by Crippen LogP contribution is 2.30. The number of carbonyl (C=O) groups excluding carboxylic acids is 1. The van der Waals surface area contributed by atoms with Crippen molar-refractivity contribution in [2.45, 2.75) is 45.6 Å². The quantitative estimate of drug-likeness (QED) is 0.863. The molecule has 1 atom stereocenters. The van der Waals surface area contributed by atoms with Crippen LogP contribution in [0.5, 0.6) is 0 Å². The van der Waals surface area contributed by atoms with Gasteiger partial charge in [-0.05, 0) is 31.9 Å². The first-order valence-electron chi connectivity index (χ1n) is 6.88. The van der Waals surface area contributed by atoms with Gasteiger partial charge < -0.3 is 10.2 Å². The van der Waals surface area contributed by atoms with Crippen LogP contribution in [0.4, 0.5) is 11.4 Å². The Balaban J connectivity index is 2.17. The molecule has 18 heavy (non-hydrogen) atoms. The fraction of sp³-hybridized carbons (Fsp3) is 0.533. The minimum Gasteiger partial charge on any atom is -0.381 e. The van der Waals surface area contributed by atoms with E-state index < -0.39 is 0 Å².